The number of imidazole rings is 1. The van der Waals surface area contributed by atoms with Gasteiger partial charge < -0.3 is 25.8 Å². The number of amides is 1. The predicted molar refractivity (Wildman–Crippen MR) is 151 cm³/mol. The first kappa shape index (κ1) is 26.7. The minimum Gasteiger partial charge on any atom is -0.365 e. The summed E-state index contributed by atoms with van der Waals surface area (Å²) < 4.78 is 15.6. The second kappa shape index (κ2) is 11.9. The lowest BCUT2D eigenvalue weighted by Gasteiger charge is -2.31. The summed E-state index contributed by atoms with van der Waals surface area (Å²) in [7, 11) is 0. The van der Waals surface area contributed by atoms with E-state index in [1.165, 1.54) is 31.0 Å². The van der Waals surface area contributed by atoms with Crippen molar-refractivity contribution >= 4 is 34.7 Å². The average Bonchev–Trinajstić information content (AvgIpc) is 3.61. The lowest BCUT2D eigenvalue weighted by Crippen LogP contribution is -2.41. The Labute approximate surface area is 233 Å². The standard InChI is InChI=1S/C28H38FN9O2/c29-18-4-3-5-22(16-18)34-28(39)40-37-14-12-21(13-15-37)32-25-24-26(38(17-31-24)23-6-1-2-7-23)36-27(35-25)33-20-10-8-19(30)9-11-20/h3-5,16-17,19-21,23H,1-2,6-15,30H2,(H,34,39)(H2,32,33,35,36)/t19-,20-. The Bertz CT molecular complexity index is 1310. The van der Waals surface area contributed by atoms with Crippen LogP contribution in [0.5, 0.6) is 0 Å². The number of anilines is 3. The van der Waals surface area contributed by atoms with Gasteiger partial charge in [0, 0.05) is 42.9 Å². The Morgan fingerprint density at radius 2 is 1.73 bits per heavy atom. The lowest BCUT2D eigenvalue weighted by atomic mass is 9.92. The second-order valence-corrected chi connectivity index (χ2v) is 11.3. The molecule has 2 aliphatic carbocycles. The Morgan fingerprint density at radius 1 is 0.975 bits per heavy atom. The maximum absolute atomic E-state index is 13.4. The van der Waals surface area contributed by atoms with Crippen molar-refractivity contribution in [3.8, 4) is 0 Å². The van der Waals surface area contributed by atoms with Crippen molar-refractivity contribution in [2.24, 2.45) is 5.73 Å². The van der Waals surface area contributed by atoms with Crippen LogP contribution in [0.25, 0.3) is 11.2 Å². The summed E-state index contributed by atoms with van der Waals surface area (Å²) >= 11 is 0. The van der Waals surface area contributed by atoms with Gasteiger partial charge in [-0.2, -0.15) is 9.97 Å². The maximum Gasteiger partial charge on any atom is 0.430 e. The SMILES string of the molecule is N[C@H]1CC[C@H](Nc2nc(NC3CCN(OC(=O)Nc4cccc(F)c4)CC3)c3ncn(C4CCCC4)c3n2)CC1. The lowest BCUT2D eigenvalue weighted by molar-refractivity contribution is -0.106. The predicted octanol–water partition coefficient (Wildman–Crippen LogP) is 4.80. The second-order valence-electron chi connectivity index (χ2n) is 11.3. The fourth-order valence-corrected chi connectivity index (χ4v) is 6.09. The van der Waals surface area contributed by atoms with Crippen LogP contribution in [-0.4, -0.2) is 61.9 Å². The first-order chi connectivity index (χ1) is 19.5. The largest absolute Gasteiger partial charge is 0.430 e. The smallest absolute Gasteiger partial charge is 0.365 e. The Kier molecular flexibility index (Phi) is 7.96. The molecule has 3 aliphatic rings. The van der Waals surface area contributed by atoms with Crippen LogP contribution in [0.2, 0.25) is 0 Å². The summed E-state index contributed by atoms with van der Waals surface area (Å²) in [5, 5.41) is 11.4. The van der Waals surface area contributed by atoms with E-state index in [0.717, 1.165) is 68.3 Å². The van der Waals surface area contributed by atoms with Crippen LogP contribution in [0.15, 0.2) is 30.6 Å². The highest BCUT2D eigenvalue weighted by molar-refractivity contribution is 5.85. The first-order valence-electron chi connectivity index (χ1n) is 14.5. The molecular weight excluding hydrogens is 513 g/mol. The highest BCUT2D eigenvalue weighted by Gasteiger charge is 2.27. The molecule has 214 valence electrons. The molecule has 2 aromatic heterocycles. The van der Waals surface area contributed by atoms with Crippen LogP contribution in [0, 0.1) is 5.82 Å². The number of rotatable bonds is 7. The molecule has 0 spiro atoms. The molecule has 1 aromatic carbocycles. The van der Waals surface area contributed by atoms with E-state index < -0.39 is 11.9 Å². The molecule has 2 saturated carbocycles. The molecule has 3 aromatic rings. The summed E-state index contributed by atoms with van der Waals surface area (Å²) in [5.74, 6) is 0.947. The maximum atomic E-state index is 13.4. The van der Waals surface area contributed by atoms with E-state index in [1.807, 2.05) is 6.33 Å². The van der Waals surface area contributed by atoms with Gasteiger partial charge in [-0.15, -0.1) is 5.06 Å². The number of hydroxylamine groups is 2. The number of carbonyl (C=O) groups excluding carboxylic acids is 1. The number of aromatic nitrogens is 4. The number of piperidine rings is 1. The van der Waals surface area contributed by atoms with E-state index in [0.29, 0.717) is 36.8 Å². The Balaban J connectivity index is 1.12. The number of carbonyl (C=O) groups is 1. The van der Waals surface area contributed by atoms with Gasteiger partial charge >= 0.3 is 6.09 Å². The molecule has 11 nitrogen and oxygen atoms in total. The van der Waals surface area contributed by atoms with Gasteiger partial charge in [-0.1, -0.05) is 18.9 Å². The van der Waals surface area contributed by atoms with Crippen molar-refractivity contribution in [2.75, 3.05) is 29.0 Å². The number of halogens is 1. The monoisotopic (exact) mass is 551 g/mol. The van der Waals surface area contributed by atoms with Gasteiger partial charge in [0.25, 0.3) is 0 Å². The molecule has 12 heteroatoms. The summed E-state index contributed by atoms with van der Waals surface area (Å²) in [6, 6.07) is 6.88. The third kappa shape index (κ3) is 6.28. The van der Waals surface area contributed by atoms with Gasteiger partial charge in [0.1, 0.15) is 5.82 Å². The molecular formula is C28H38FN9O2. The van der Waals surface area contributed by atoms with Gasteiger partial charge in [0.15, 0.2) is 17.0 Å². The zero-order valence-electron chi connectivity index (χ0n) is 22.7. The molecule has 0 bridgehead atoms. The first-order valence-corrected chi connectivity index (χ1v) is 14.5. The quantitative estimate of drug-likeness (QED) is 0.326. The van der Waals surface area contributed by atoms with Gasteiger partial charge in [-0.05, 0) is 69.6 Å². The van der Waals surface area contributed by atoms with Gasteiger partial charge in [-0.25, -0.2) is 14.2 Å². The molecule has 0 atom stereocenters. The van der Waals surface area contributed by atoms with Gasteiger partial charge in [0.2, 0.25) is 5.95 Å². The van der Waals surface area contributed by atoms with Crippen LogP contribution in [-0.2, 0) is 4.84 Å². The topological polar surface area (TPSA) is 135 Å². The van der Waals surface area contributed by atoms with Crippen molar-refractivity contribution in [3.63, 3.8) is 0 Å². The van der Waals surface area contributed by atoms with Crippen molar-refractivity contribution in [1.29, 1.82) is 0 Å². The van der Waals surface area contributed by atoms with Gasteiger partial charge in [-0.3, -0.25) is 5.32 Å². The molecule has 6 rings (SSSR count). The highest BCUT2D eigenvalue weighted by atomic mass is 19.1. The molecule has 40 heavy (non-hydrogen) atoms. The Morgan fingerprint density at radius 3 is 2.48 bits per heavy atom. The number of fused-ring (bicyclic) bond motifs is 1. The zero-order chi connectivity index (χ0) is 27.5. The van der Waals surface area contributed by atoms with Crippen LogP contribution < -0.4 is 21.7 Å². The average molecular weight is 552 g/mol. The number of nitrogens with two attached hydrogens (primary N) is 1. The number of hydrogen-bond donors (Lipinski definition) is 4. The minimum atomic E-state index is -0.633. The summed E-state index contributed by atoms with van der Waals surface area (Å²) in [6.45, 7) is 1.12. The minimum absolute atomic E-state index is 0.140. The third-order valence-electron chi connectivity index (χ3n) is 8.32. The van der Waals surface area contributed by atoms with E-state index in [9.17, 15) is 9.18 Å². The van der Waals surface area contributed by atoms with Crippen molar-refractivity contribution in [3.05, 3.63) is 36.4 Å². The van der Waals surface area contributed by atoms with E-state index in [1.54, 1.807) is 11.1 Å². The third-order valence-corrected chi connectivity index (χ3v) is 8.32. The van der Waals surface area contributed by atoms with Crippen molar-refractivity contribution in [2.45, 2.75) is 88.4 Å². The molecule has 3 heterocycles. The van der Waals surface area contributed by atoms with Crippen LogP contribution in [0.4, 0.5) is 26.6 Å². The molecule has 1 saturated heterocycles. The molecule has 0 unspecified atom stereocenters. The number of nitrogens with one attached hydrogen (secondary N) is 3. The number of nitrogens with zero attached hydrogens (tertiary/aromatic N) is 5. The van der Waals surface area contributed by atoms with Gasteiger partial charge in [0.05, 0.1) is 6.33 Å². The van der Waals surface area contributed by atoms with E-state index >= 15 is 0 Å². The highest BCUT2D eigenvalue weighted by Crippen LogP contribution is 2.34. The van der Waals surface area contributed by atoms with Crippen LogP contribution >= 0.6 is 0 Å². The van der Waals surface area contributed by atoms with E-state index in [4.69, 9.17) is 25.5 Å². The number of benzene rings is 1. The fourth-order valence-electron chi connectivity index (χ4n) is 6.09. The van der Waals surface area contributed by atoms with Crippen LogP contribution in [0.3, 0.4) is 0 Å². The van der Waals surface area contributed by atoms with Crippen molar-refractivity contribution < 1.29 is 14.0 Å². The molecule has 0 radical (unpaired) electrons. The normalized spacial score (nSPS) is 22.9. The number of hydrogen-bond acceptors (Lipinski definition) is 9. The molecule has 3 fully saturated rings. The molecule has 1 aliphatic heterocycles. The van der Waals surface area contributed by atoms with E-state index in [-0.39, 0.29) is 12.1 Å². The van der Waals surface area contributed by atoms with Crippen LogP contribution in [0.1, 0.15) is 70.3 Å². The Hall–Kier alpha value is -3.51. The molecule has 1 amide bonds. The summed E-state index contributed by atoms with van der Waals surface area (Å²) in [6.07, 6.45) is 11.6. The summed E-state index contributed by atoms with van der Waals surface area (Å²) in [5.41, 5.74) is 8.13. The fraction of sp³-hybridized carbons (Fsp3) is 0.571. The van der Waals surface area contributed by atoms with E-state index in [2.05, 4.69) is 20.5 Å². The molecule has 5 N–H and O–H groups in total. The zero-order valence-corrected chi connectivity index (χ0v) is 22.7. The summed E-state index contributed by atoms with van der Waals surface area (Å²) in [4.78, 5) is 32.3. The van der Waals surface area contributed by atoms with Crippen molar-refractivity contribution in [1.82, 2.24) is 24.6 Å².